The molecule has 1 fully saturated rings. The zero-order valence-corrected chi connectivity index (χ0v) is 15.5. The molecule has 1 amide bonds. The molecule has 140 valence electrons. The van der Waals surface area contributed by atoms with Crippen LogP contribution in [0.1, 0.15) is 24.1 Å². The Kier molecular flexibility index (Phi) is 4.61. The van der Waals surface area contributed by atoms with Crippen molar-refractivity contribution in [2.45, 2.75) is 32.4 Å². The second-order valence-corrected chi connectivity index (χ2v) is 7.38. The standard InChI is InChI=1S/C18H18FN5O2S/c1-11-14(19)16(26)24-17(21-11)27-18(22-24)23-9-5-8-13(23)15(25)20-10-12-6-3-2-4-7-12/h2-4,6-7,13H,5,8-10H2,1H3,(H,20,25)/t13-/m1/s1. The van der Waals surface area contributed by atoms with Gasteiger partial charge in [0.25, 0.3) is 0 Å². The number of halogens is 1. The summed E-state index contributed by atoms with van der Waals surface area (Å²) in [7, 11) is 0. The topological polar surface area (TPSA) is 79.6 Å². The van der Waals surface area contributed by atoms with Gasteiger partial charge in [0.05, 0.1) is 5.69 Å². The van der Waals surface area contributed by atoms with Gasteiger partial charge in [0.2, 0.25) is 21.8 Å². The third-order valence-corrected chi connectivity index (χ3v) is 5.57. The number of carbonyl (C=O) groups is 1. The molecule has 0 bridgehead atoms. The van der Waals surface area contributed by atoms with Crippen LogP contribution in [0.4, 0.5) is 9.52 Å². The van der Waals surface area contributed by atoms with Crippen molar-refractivity contribution >= 4 is 27.3 Å². The van der Waals surface area contributed by atoms with Gasteiger partial charge in [0.1, 0.15) is 6.04 Å². The fraction of sp³-hybridized carbons (Fsp3) is 0.333. The molecule has 0 radical (unpaired) electrons. The van der Waals surface area contributed by atoms with E-state index in [4.69, 9.17) is 0 Å². The van der Waals surface area contributed by atoms with Gasteiger partial charge >= 0.3 is 5.56 Å². The number of carbonyl (C=O) groups excluding carboxylic acids is 1. The molecular weight excluding hydrogens is 369 g/mol. The number of rotatable bonds is 4. The number of hydrogen-bond acceptors (Lipinski definition) is 6. The van der Waals surface area contributed by atoms with Gasteiger partial charge in [-0.15, -0.1) is 5.10 Å². The molecule has 1 aliphatic heterocycles. The number of amides is 1. The number of nitrogens with zero attached hydrogens (tertiary/aromatic N) is 4. The first-order valence-corrected chi connectivity index (χ1v) is 9.50. The molecular formula is C18H18FN5O2S. The summed E-state index contributed by atoms with van der Waals surface area (Å²) in [6, 6.07) is 9.32. The van der Waals surface area contributed by atoms with E-state index < -0.39 is 11.4 Å². The predicted molar refractivity (Wildman–Crippen MR) is 100 cm³/mol. The zero-order chi connectivity index (χ0) is 19.0. The Morgan fingerprint density at radius 2 is 2.15 bits per heavy atom. The lowest BCUT2D eigenvalue weighted by Crippen LogP contribution is -2.43. The van der Waals surface area contributed by atoms with E-state index in [2.05, 4.69) is 15.4 Å². The van der Waals surface area contributed by atoms with Crippen molar-refractivity contribution < 1.29 is 9.18 Å². The number of benzene rings is 1. The van der Waals surface area contributed by atoms with Crippen LogP contribution in [-0.4, -0.2) is 33.1 Å². The highest BCUT2D eigenvalue weighted by atomic mass is 32.1. The molecule has 1 saturated heterocycles. The molecule has 0 unspecified atom stereocenters. The zero-order valence-electron chi connectivity index (χ0n) is 14.7. The van der Waals surface area contributed by atoms with Crippen molar-refractivity contribution in [2.24, 2.45) is 0 Å². The van der Waals surface area contributed by atoms with Gasteiger partial charge < -0.3 is 10.2 Å². The van der Waals surface area contributed by atoms with Gasteiger partial charge in [-0.3, -0.25) is 9.59 Å². The van der Waals surface area contributed by atoms with Crippen LogP contribution in [-0.2, 0) is 11.3 Å². The lowest BCUT2D eigenvalue weighted by molar-refractivity contribution is -0.122. The third-order valence-electron chi connectivity index (χ3n) is 4.62. The molecule has 1 aromatic carbocycles. The van der Waals surface area contributed by atoms with Crippen molar-refractivity contribution in [2.75, 3.05) is 11.4 Å². The number of hydrogen-bond donors (Lipinski definition) is 1. The number of nitrogens with one attached hydrogen (secondary N) is 1. The van der Waals surface area contributed by atoms with Crippen LogP contribution in [0.2, 0.25) is 0 Å². The molecule has 0 aliphatic carbocycles. The molecule has 3 aromatic rings. The lowest BCUT2D eigenvalue weighted by Gasteiger charge is -2.22. The Bertz CT molecular complexity index is 1050. The van der Waals surface area contributed by atoms with E-state index in [1.807, 2.05) is 35.2 Å². The highest BCUT2D eigenvalue weighted by Crippen LogP contribution is 2.29. The number of fused-ring (bicyclic) bond motifs is 1. The molecule has 7 nitrogen and oxygen atoms in total. The molecule has 0 spiro atoms. The molecule has 2 aromatic heterocycles. The molecule has 1 atom stereocenters. The average molecular weight is 387 g/mol. The van der Waals surface area contributed by atoms with Crippen molar-refractivity contribution in [3.63, 3.8) is 0 Å². The first-order valence-electron chi connectivity index (χ1n) is 8.69. The minimum absolute atomic E-state index is 0.0498. The smallest absolute Gasteiger partial charge is 0.311 e. The predicted octanol–water partition coefficient (Wildman–Crippen LogP) is 1.88. The summed E-state index contributed by atoms with van der Waals surface area (Å²) >= 11 is 1.19. The highest BCUT2D eigenvalue weighted by Gasteiger charge is 2.33. The Morgan fingerprint density at radius 3 is 2.93 bits per heavy atom. The van der Waals surface area contributed by atoms with Crippen LogP contribution in [0.25, 0.3) is 4.96 Å². The fourth-order valence-corrected chi connectivity index (χ4v) is 4.22. The van der Waals surface area contributed by atoms with E-state index in [-0.39, 0.29) is 17.6 Å². The second kappa shape index (κ2) is 7.07. The minimum atomic E-state index is -0.900. The Hall–Kier alpha value is -2.81. The summed E-state index contributed by atoms with van der Waals surface area (Å²) in [6.45, 7) is 2.56. The maximum absolute atomic E-state index is 13.8. The summed E-state index contributed by atoms with van der Waals surface area (Å²) in [4.78, 5) is 31.0. The number of anilines is 1. The molecule has 4 rings (SSSR count). The highest BCUT2D eigenvalue weighted by molar-refractivity contribution is 7.20. The number of aromatic nitrogens is 3. The summed E-state index contributed by atoms with van der Waals surface area (Å²) in [5.41, 5.74) is 0.259. The van der Waals surface area contributed by atoms with Gasteiger partial charge in [0, 0.05) is 13.1 Å². The normalized spacial score (nSPS) is 16.8. The second-order valence-electron chi connectivity index (χ2n) is 6.45. The van der Waals surface area contributed by atoms with E-state index >= 15 is 0 Å². The molecule has 1 N–H and O–H groups in total. The summed E-state index contributed by atoms with van der Waals surface area (Å²) in [5, 5.41) is 7.67. The Morgan fingerprint density at radius 1 is 1.37 bits per heavy atom. The summed E-state index contributed by atoms with van der Waals surface area (Å²) in [6.07, 6.45) is 1.54. The van der Waals surface area contributed by atoms with E-state index in [1.54, 1.807) is 0 Å². The first-order chi connectivity index (χ1) is 13.0. The van der Waals surface area contributed by atoms with E-state index in [0.29, 0.717) is 29.6 Å². The lowest BCUT2D eigenvalue weighted by atomic mass is 10.2. The van der Waals surface area contributed by atoms with Gasteiger partial charge in [-0.25, -0.2) is 4.98 Å². The molecule has 27 heavy (non-hydrogen) atoms. The van der Waals surface area contributed by atoms with Crippen LogP contribution < -0.4 is 15.8 Å². The van der Waals surface area contributed by atoms with Crippen LogP contribution >= 0.6 is 11.3 Å². The molecule has 9 heteroatoms. The van der Waals surface area contributed by atoms with E-state index in [1.165, 1.54) is 18.3 Å². The SMILES string of the molecule is Cc1nc2sc(N3CCC[C@@H]3C(=O)NCc3ccccc3)nn2c(=O)c1F. The quantitative estimate of drug-likeness (QED) is 0.740. The number of aryl methyl sites for hydroxylation is 1. The van der Waals surface area contributed by atoms with Gasteiger partial charge in [-0.2, -0.15) is 8.91 Å². The van der Waals surface area contributed by atoms with Crippen molar-refractivity contribution in [1.82, 2.24) is 19.9 Å². The van der Waals surface area contributed by atoms with Crippen LogP contribution in [0, 0.1) is 12.7 Å². The minimum Gasteiger partial charge on any atom is -0.350 e. The maximum Gasteiger partial charge on any atom is 0.311 e. The van der Waals surface area contributed by atoms with Crippen LogP contribution in [0.5, 0.6) is 0 Å². The van der Waals surface area contributed by atoms with Crippen LogP contribution in [0.3, 0.4) is 0 Å². The fourth-order valence-electron chi connectivity index (χ4n) is 3.20. The maximum atomic E-state index is 13.8. The van der Waals surface area contributed by atoms with Gasteiger partial charge in [-0.05, 0) is 25.3 Å². The van der Waals surface area contributed by atoms with Gasteiger partial charge in [-0.1, -0.05) is 41.7 Å². The van der Waals surface area contributed by atoms with Crippen molar-refractivity contribution in [3.05, 3.63) is 57.8 Å². The largest absolute Gasteiger partial charge is 0.350 e. The summed E-state index contributed by atoms with van der Waals surface area (Å²) < 4.78 is 14.8. The third kappa shape index (κ3) is 3.30. The summed E-state index contributed by atoms with van der Waals surface area (Å²) in [5.74, 6) is -0.985. The monoisotopic (exact) mass is 387 g/mol. The Balaban J connectivity index is 1.56. The Labute approximate surface area is 158 Å². The van der Waals surface area contributed by atoms with Crippen molar-refractivity contribution in [1.29, 1.82) is 0 Å². The van der Waals surface area contributed by atoms with Crippen molar-refractivity contribution in [3.8, 4) is 0 Å². The average Bonchev–Trinajstić information content (AvgIpc) is 3.32. The molecule has 1 aliphatic rings. The van der Waals surface area contributed by atoms with Crippen LogP contribution in [0.15, 0.2) is 35.1 Å². The molecule has 0 saturated carbocycles. The first kappa shape index (κ1) is 17.6. The molecule has 3 heterocycles. The van der Waals surface area contributed by atoms with E-state index in [9.17, 15) is 14.0 Å². The van der Waals surface area contributed by atoms with Gasteiger partial charge in [0.15, 0.2) is 0 Å². The van der Waals surface area contributed by atoms with E-state index in [0.717, 1.165) is 16.5 Å².